The first-order valence-corrected chi connectivity index (χ1v) is 12.3. The van der Waals surface area contributed by atoms with E-state index in [4.69, 9.17) is 4.74 Å². The van der Waals surface area contributed by atoms with Gasteiger partial charge in [-0.1, -0.05) is 40.2 Å². The number of rotatable bonds is 7. The molecule has 2 aromatic rings. The number of benzene rings is 1. The molecule has 3 aliphatic heterocycles. The van der Waals surface area contributed by atoms with Crippen molar-refractivity contribution < 1.29 is 24.2 Å². The van der Waals surface area contributed by atoms with Crippen LogP contribution < -0.4 is 10.6 Å². The van der Waals surface area contributed by atoms with Gasteiger partial charge in [0, 0.05) is 11.9 Å². The molecule has 3 fully saturated rings. The van der Waals surface area contributed by atoms with Crippen LogP contribution in [0.5, 0.6) is 0 Å². The normalized spacial score (nSPS) is 32.8. The first-order chi connectivity index (χ1) is 16.4. The van der Waals surface area contributed by atoms with Crippen molar-refractivity contribution >= 4 is 44.7 Å². The maximum atomic E-state index is 13.7. The first kappa shape index (κ1) is 23.2. The zero-order chi connectivity index (χ0) is 24.2. The van der Waals surface area contributed by atoms with Gasteiger partial charge in [0.1, 0.15) is 23.8 Å². The first-order valence-electron chi connectivity index (χ1n) is 11.4. The smallest absolute Gasteiger partial charge is 0.247 e. The van der Waals surface area contributed by atoms with Crippen LogP contribution in [0.4, 0.5) is 0 Å². The van der Waals surface area contributed by atoms with E-state index < -0.39 is 41.5 Å². The molecule has 3 unspecified atom stereocenters. The molecule has 0 saturated carbocycles. The largest absolute Gasteiger partial charge is 0.394 e. The van der Waals surface area contributed by atoms with Crippen molar-refractivity contribution in [3.63, 3.8) is 0 Å². The van der Waals surface area contributed by atoms with Gasteiger partial charge in [-0.2, -0.15) is 0 Å². The van der Waals surface area contributed by atoms with Gasteiger partial charge in [-0.25, -0.2) is 4.68 Å². The number of fused-ring (bicyclic) bond motifs is 2. The highest BCUT2D eigenvalue weighted by Crippen LogP contribution is 2.60. The highest BCUT2D eigenvalue weighted by molar-refractivity contribution is 9.09. The summed E-state index contributed by atoms with van der Waals surface area (Å²) in [6, 6.07) is 5.83. The van der Waals surface area contributed by atoms with Crippen molar-refractivity contribution in [2.75, 3.05) is 13.7 Å². The molecule has 1 spiro atoms. The van der Waals surface area contributed by atoms with E-state index in [0.717, 1.165) is 5.52 Å². The summed E-state index contributed by atoms with van der Waals surface area (Å²) < 4.78 is 7.93. The Labute approximate surface area is 204 Å². The van der Waals surface area contributed by atoms with Gasteiger partial charge >= 0.3 is 0 Å². The van der Waals surface area contributed by atoms with E-state index in [1.165, 1.54) is 11.9 Å². The van der Waals surface area contributed by atoms with Crippen LogP contribution >= 0.6 is 15.9 Å². The number of hydrogen-bond acceptors (Lipinski definition) is 7. The highest BCUT2D eigenvalue weighted by atomic mass is 79.9. The Hall–Kier alpha value is -2.57. The lowest BCUT2D eigenvalue weighted by molar-refractivity contribution is -0.145. The minimum atomic E-state index is -1.16. The van der Waals surface area contributed by atoms with Gasteiger partial charge in [0.2, 0.25) is 17.7 Å². The summed E-state index contributed by atoms with van der Waals surface area (Å²) in [5.41, 5.74) is 0.301. The van der Waals surface area contributed by atoms with Crippen LogP contribution in [0.3, 0.4) is 0 Å². The lowest BCUT2D eigenvalue weighted by Gasteiger charge is -2.36. The Morgan fingerprint density at radius 2 is 2.12 bits per heavy atom. The molecule has 3 N–H and O–H groups in total. The third-order valence-corrected chi connectivity index (χ3v) is 8.27. The molecule has 182 valence electrons. The van der Waals surface area contributed by atoms with E-state index >= 15 is 0 Å². The Morgan fingerprint density at radius 3 is 2.82 bits per heavy atom. The van der Waals surface area contributed by atoms with Gasteiger partial charge < -0.3 is 25.4 Å². The molecule has 7 atom stereocenters. The number of hydrogen-bond donors (Lipinski definition) is 3. The average Bonchev–Trinajstić information content (AvgIpc) is 3.55. The number of carbonyl (C=O) groups excluding carboxylic acids is 3. The van der Waals surface area contributed by atoms with Gasteiger partial charge in [0.15, 0.2) is 0 Å². The number of alkyl halides is 1. The number of aromatic nitrogens is 3. The zero-order valence-corrected chi connectivity index (χ0v) is 20.4. The van der Waals surface area contributed by atoms with Crippen LogP contribution in [0, 0.1) is 11.8 Å². The van der Waals surface area contributed by atoms with Gasteiger partial charge in [0.25, 0.3) is 0 Å². The molecule has 0 radical (unpaired) electrons. The van der Waals surface area contributed by atoms with Gasteiger partial charge in [-0.05, 0) is 25.0 Å². The number of amides is 3. The van der Waals surface area contributed by atoms with Gasteiger partial charge in [-0.3, -0.25) is 14.4 Å². The lowest BCUT2D eigenvalue weighted by atomic mass is 9.70. The number of para-hydroxylation sites is 1. The fourth-order valence-corrected chi connectivity index (χ4v) is 6.87. The van der Waals surface area contributed by atoms with Gasteiger partial charge in [-0.15, -0.1) is 5.10 Å². The fraction of sp³-hybridized carbons (Fsp3) is 0.591. The number of aliphatic hydroxyl groups is 1. The molecule has 1 aromatic heterocycles. The van der Waals surface area contributed by atoms with Crippen LogP contribution in [0.1, 0.15) is 19.8 Å². The third-order valence-electron chi connectivity index (χ3n) is 7.42. The molecular formula is C22H27BrN6O5. The second kappa shape index (κ2) is 8.58. The molecule has 34 heavy (non-hydrogen) atoms. The standard InChI is InChI=1S/C22H27BrN6O5/c1-3-11(9-30)29-18(20(32)25-10-28-14-7-5-4-6-13(14)26-27-28)22-8-12(23)17(34-22)15(19(31)24-2)16(22)21(29)33/h4-7,11-12,15-18,30H,3,8-10H2,1-2H3,(H,24,31)(H,25,32)/t11-,12?,15+,16-,17+,18?,22?/m0/s1. The molecule has 5 rings (SSSR count). The van der Waals surface area contributed by atoms with E-state index in [2.05, 4.69) is 36.9 Å². The predicted molar refractivity (Wildman–Crippen MR) is 123 cm³/mol. The number of ether oxygens (including phenoxy) is 1. The number of halogens is 1. The summed E-state index contributed by atoms with van der Waals surface area (Å²) in [5, 5.41) is 23.8. The van der Waals surface area contributed by atoms with Crippen LogP contribution in [0.15, 0.2) is 24.3 Å². The molecule has 2 bridgehead atoms. The topological polar surface area (TPSA) is 139 Å². The molecule has 3 amide bonds. The molecule has 1 aromatic carbocycles. The Morgan fingerprint density at radius 1 is 1.35 bits per heavy atom. The fourth-order valence-electron chi connectivity index (χ4n) is 5.92. The van der Waals surface area contributed by atoms with E-state index in [0.29, 0.717) is 18.4 Å². The second-order valence-electron chi connectivity index (χ2n) is 9.04. The average molecular weight is 535 g/mol. The molecule has 3 saturated heterocycles. The monoisotopic (exact) mass is 534 g/mol. The van der Waals surface area contributed by atoms with Crippen LogP contribution in [0.2, 0.25) is 0 Å². The summed E-state index contributed by atoms with van der Waals surface area (Å²) in [4.78, 5) is 41.5. The molecule has 4 heterocycles. The van der Waals surface area contributed by atoms with Crippen molar-refractivity contribution in [1.29, 1.82) is 0 Å². The van der Waals surface area contributed by atoms with E-state index in [1.807, 2.05) is 31.2 Å². The van der Waals surface area contributed by atoms with Crippen molar-refractivity contribution in [1.82, 2.24) is 30.5 Å². The van der Waals surface area contributed by atoms with Crippen LogP contribution in [-0.4, -0.2) is 85.0 Å². The van der Waals surface area contributed by atoms with Crippen molar-refractivity contribution in [3.05, 3.63) is 24.3 Å². The number of aliphatic hydroxyl groups excluding tert-OH is 1. The second-order valence-corrected chi connectivity index (χ2v) is 10.2. The van der Waals surface area contributed by atoms with E-state index in [1.54, 1.807) is 4.68 Å². The minimum Gasteiger partial charge on any atom is -0.394 e. The van der Waals surface area contributed by atoms with Crippen molar-refractivity contribution in [2.45, 2.75) is 55.0 Å². The maximum absolute atomic E-state index is 13.7. The molecule has 11 nitrogen and oxygen atoms in total. The Balaban J connectivity index is 1.49. The summed E-state index contributed by atoms with van der Waals surface area (Å²) in [7, 11) is 1.52. The summed E-state index contributed by atoms with van der Waals surface area (Å²) in [6.45, 7) is 1.60. The molecule has 3 aliphatic rings. The number of nitrogens with zero attached hydrogens (tertiary/aromatic N) is 4. The molecular weight excluding hydrogens is 508 g/mol. The SMILES string of the molecule is CC[C@@H](CO)N1C(=O)[C@@H]2[C@@H](C(=O)NC)[C@@H]3OC2(CC3Br)C1C(=O)NCn1nnc2ccccc21. The number of carbonyl (C=O) groups is 3. The molecule has 0 aliphatic carbocycles. The quantitative estimate of drug-likeness (QED) is 0.417. The van der Waals surface area contributed by atoms with E-state index in [-0.39, 0.29) is 29.9 Å². The van der Waals surface area contributed by atoms with Crippen LogP contribution in [0.25, 0.3) is 11.0 Å². The maximum Gasteiger partial charge on any atom is 0.247 e. The van der Waals surface area contributed by atoms with Gasteiger partial charge in [0.05, 0.1) is 36.1 Å². The summed E-state index contributed by atoms with van der Waals surface area (Å²) in [5.74, 6) is -2.55. The third kappa shape index (κ3) is 3.18. The highest BCUT2D eigenvalue weighted by Gasteiger charge is 2.76. The predicted octanol–water partition coefficient (Wildman–Crippen LogP) is -0.230. The zero-order valence-electron chi connectivity index (χ0n) is 18.8. The van der Waals surface area contributed by atoms with E-state index in [9.17, 15) is 19.5 Å². The number of likely N-dealkylation sites (tertiary alicyclic amines) is 1. The summed E-state index contributed by atoms with van der Waals surface area (Å²) in [6.07, 6.45) is 0.346. The number of nitrogens with one attached hydrogen (secondary N) is 2. The van der Waals surface area contributed by atoms with Crippen LogP contribution in [-0.2, 0) is 25.8 Å². The Bertz CT molecular complexity index is 1140. The molecule has 12 heteroatoms. The minimum absolute atomic E-state index is 0.0502. The lowest BCUT2D eigenvalue weighted by Crippen LogP contribution is -2.58. The Kier molecular flexibility index (Phi) is 5.85. The summed E-state index contributed by atoms with van der Waals surface area (Å²) >= 11 is 3.61. The van der Waals surface area contributed by atoms with Crippen molar-refractivity contribution in [3.8, 4) is 0 Å². The van der Waals surface area contributed by atoms with Crippen molar-refractivity contribution in [2.24, 2.45) is 11.8 Å².